The molecule has 0 aromatic carbocycles. The first-order valence-corrected chi connectivity index (χ1v) is 7.41. The molecule has 0 atom stereocenters. The van der Waals surface area contributed by atoms with Gasteiger partial charge in [0.1, 0.15) is 0 Å². The maximum Gasteiger partial charge on any atom is 0.211 e. The Morgan fingerprint density at radius 3 is 2.12 bits per heavy atom. The van der Waals surface area contributed by atoms with Crippen LogP contribution in [0.2, 0.25) is 0 Å². The van der Waals surface area contributed by atoms with Crippen LogP contribution in [0.5, 0.6) is 0 Å². The third kappa shape index (κ3) is 8.04. The van der Waals surface area contributed by atoms with Gasteiger partial charge in [0.15, 0.2) is 6.29 Å². The zero-order valence-corrected chi connectivity index (χ0v) is 11.2. The van der Waals surface area contributed by atoms with Crippen LogP contribution in [0, 0.1) is 0 Å². The Morgan fingerprint density at radius 2 is 1.69 bits per heavy atom. The van der Waals surface area contributed by atoms with E-state index >= 15 is 0 Å². The van der Waals surface area contributed by atoms with Crippen LogP contribution in [0.25, 0.3) is 0 Å². The maximum absolute atomic E-state index is 11.1. The van der Waals surface area contributed by atoms with Gasteiger partial charge in [-0.1, -0.05) is 0 Å². The number of rotatable bonds is 10. The fraction of sp³-hybridized carbons (Fsp3) is 1.00. The Labute approximate surface area is 98.6 Å². The van der Waals surface area contributed by atoms with Crippen LogP contribution in [-0.4, -0.2) is 40.2 Å². The lowest BCUT2D eigenvalue weighted by molar-refractivity contribution is -0.139. The minimum Gasteiger partial charge on any atom is -0.353 e. The highest BCUT2D eigenvalue weighted by Gasteiger charge is 2.09. The second-order valence-electron chi connectivity index (χ2n) is 3.28. The smallest absolute Gasteiger partial charge is 0.211 e. The normalized spacial score (nSPS) is 12.2. The van der Waals surface area contributed by atoms with Gasteiger partial charge in [0.25, 0.3) is 0 Å². The summed E-state index contributed by atoms with van der Waals surface area (Å²) in [5.74, 6) is 0.118. The van der Waals surface area contributed by atoms with E-state index in [1.807, 2.05) is 13.8 Å². The molecule has 5 nitrogen and oxygen atoms in total. The van der Waals surface area contributed by atoms with Crippen LogP contribution in [0.15, 0.2) is 0 Å². The van der Waals surface area contributed by atoms with Crippen LogP contribution in [-0.2, 0) is 19.5 Å². The van der Waals surface area contributed by atoms with Crippen LogP contribution in [0.4, 0.5) is 0 Å². The third-order valence-corrected chi connectivity index (χ3v) is 3.43. The van der Waals surface area contributed by atoms with E-state index in [2.05, 4.69) is 4.72 Å². The number of nitrogens with one attached hydrogen (secondary N) is 1. The molecule has 0 aliphatic rings. The number of hydrogen-bond acceptors (Lipinski definition) is 4. The molecule has 0 unspecified atom stereocenters. The van der Waals surface area contributed by atoms with Crippen LogP contribution in [0.3, 0.4) is 0 Å². The standard InChI is InChI=1S/C10H23NO4S/c1-4-14-10(15-5-2)8-7-9-11-16(12,13)6-3/h10-11H,4-9H2,1-3H3. The Morgan fingerprint density at radius 1 is 1.12 bits per heavy atom. The SMILES string of the molecule is CCOC(CCCNS(=O)(=O)CC)OCC. The third-order valence-electron chi connectivity index (χ3n) is 2.02. The topological polar surface area (TPSA) is 64.6 Å². The zero-order chi connectivity index (χ0) is 12.4. The average Bonchev–Trinajstić information content (AvgIpc) is 2.25. The highest BCUT2D eigenvalue weighted by Crippen LogP contribution is 2.04. The van der Waals surface area contributed by atoms with Crippen LogP contribution >= 0.6 is 0 Å². The molecule has 1 N–H and O–H groups in total. The second-order valence-corrected chi connectivity index (χ2v) is 5.38. The lowest BCUT2D eigenvalue weighted by Crippen LogP contribution is -2.27. The molecular weight excluding hydrogens is 230 g/mol. The molecule has 16 heavy (non-hydrogen) atoms. The van der Waals surface area contributed by atoms with E-state index in [9.17, 15) is 8.42 Å². The fourth-order valence-electron chi connectivity index (χ4n) is 1.19. The molecule has 0 aromatic heterocycles. The van der Waals surface area contributed by atoms with Gasteiger partial charge >= 0.3 is 0 Å². The zero-order valence-electron chi connectivity index (χ0n) is 10.4. The van der Waals surface area contributed by atoms with Crippen molar-refractivity contribution in [3.63, 3.8) is 0 Å². The van der Waals surface area contributed by atoms with Crippen molar-refractivity contribution in [2.75, 3.05) is 25.5 Å². The molecule has 0 saturated carbocycles. The van der Waals surface area contributed by atoms with Crippen molar-refractivity contribution in [1.29, 1.82) is 0 Å². The molecule has 0 bridgehead atoms. The van der Waals surface area contributed by atoms with E-state index < -0.39 is 10.0 Å². The largest absolute Gasteiger partial charge is 0.353 e. The molecule has 0 radical (unpaired) electrons. The Hall–Kier alpha value is -0.170. The first-order chi connectivity index (χ1) is 7.55. The summed E-state index contributed by atoms with van der Waals surface area (Å²) in [7, 11) is -3.07. The number of hydrogen-bond donors (Lipinski definition) is 1. The summed E-state index contributed by atoms with van der Waals surface area (Å²) in [6, 6.07) is 0. The summed E-state index contributed by atoms with van der Waals surface area (Å²) in [6.45, 7) is 7.08. The number of sulfonamides is 1. The van der Waals surface area contributed by atoms with Crippen LogP contribution in [0.1, 0.15) is 33.6 Å². The van der Waals surface area contributed by atoms with Gasteiger partial charge in [0.2, 0.25) is 10.0 Å². The summed E-state index contributed by atoms with van der Waals surface area (Å²) in [5.41, 5.74) is 0. The van der Waals surface area contributed by atoms with Gasteiger partial charge in [-0.25, -0.2) is 13.1 Å². The summed E-state index contributed by atoms with van der Waals surface area (Å²) >= 11 is 0. The van der Waals surface area contributed by atoms with E-state index in [1.54, 1.807) is 6.92 Å². The van der Waals surface area contributed by atoms with Gasteiger partial charge in [-0.3, -0.25) is 0 Å². The predicted molar refractivity (Wildman–Crippen MR) is 63.7 cm³/mol. The van der Waals surface area contributed by atoms with E-state index in [4.69, 9.17) is 9.47 Å². The molecule has 0 aliphatic carbocycles. The number of ether oxygens (including phenoxy) is 2. The summed E-state index contributed by atoms with van der Waals surface area (Å²) < 4.78 is 35.4. The molecule has 0 amide bonds. The molecule has 0 spiro atoms. The molecule has 0 heterocycles. The Balaban J connectivity index is 3.69. The van der Waals surface area contributed by atoms with E-state index in [1.165, 1.54) is 0 Å². The molecule has 0 rings (SSSR count). The minimum absolute atomic E-state index is 0.118. The molecule has 0 saturated heterocycles. The van der Waals surface area contributed by atoms with Crippen molar-refractivity contribution >= 4 is 10.0 Å². The first kappa shape index (κ1) is 15.8. The summed E-state index contributed by atoms with van der Waals surface area (Å²) in [4.78, 5) is 0. The molecular formula is C10H23NO4S. The van der Waals surface area contributed by atoms with Gasteiger partial charge in [-0.05, 0) is 33.6 Å². The Kier molecular flexibility index (Phi) is 8.83. The molecule has 0 aromatic rings. The van der Waals surface area contributed by atoms with E-state index in [0.717, 1.165) is 0 Å². The van der Waals surface area contributed by atoms with Gasteiger partial charge in [0.05, 0.1) is 5.75 Å². The van der Waals surface area contributed by atoms with Crippen molar-refractivity contribution in [3.05, 3.63) is 0 Å². The summed E-state index contributed by atoms with van der Waals surface area (Å²) in [6.07, 6.45) is 1.19. The average molecular weight is 253 g/mol. The minimum atomic E-state index is -3.07. The van der Waals surface area contributed by atoms with E-state index in [0.29, 0.717) is 32.6 Å². The molecule has 0 aliphatic heterocycles. The predicted octanol–water partition coefficient (Wildman–Crippen LogP) is 1.10. The van der Waals surface area contributed by atoms with Crippen molar-refractivity contribution < 1.29 is 17.9 Å². The molecule has 98 valence electrons. The van der Waals surface area contributed by atoms with Crippen LogP contribution < -0.4 is 4.72 Å². The van der Waals surface area contributed by atoms with Crippen molar-refractivity contribution in [1.82, 2.24) is 4.72 Å². The second kappa shape index (κ2) is 8.92. The van der Waals surface area contributed by atoms with Crippen molar-refractivity contribution in [2.45, 2.75) is 39.9 Å². The molecule has 6 heteroatoms. The van der Waals surface area contributed by atoms with Gasteiger partial charge in [0, 0.05) is 19.8 Å². The van der Waals surface area contributed by atoms with Gasteiger partial charge in [-0.2, -0.15) is 0 Å². The van der Waals surface area contributed by atoms with Gasteiger partial charge < -0.3 is 9.47 Å². The molecule has 0 fully saturated rings. The first-order valence-electron chi connectivity index (χ1n) is 5.76. The Bertz CT molecular complexity index is 248. The highest BCUT2D eigenvalue weighted by atomic mass is 32.2. The van der Waals surface area contributed by atoms with Gasteiger partial charge in [-0.15, -0.1) is 0 Å². The highest BCUT2D eigenvalue weighted by molar-refractivity contribution is 7.89. The fourth-order valence-corrected chi connectivity index (χ4v) is 1.84. The lowest BCUT2D eigenvalue weighted by Gasteiger charge is -2.16. The summed E-state index contributed by atoms with van der Waals surface area (Å²) in [5, 5.41) is 0. The quantitative estimate of drug-likeness (QED) is 0.468. The van der Waals surface area contributed by atoms with E-state index in [-0.39, 0.29) is 12.0 Å². The lowest BCUT2D eigenvalue weighted by atomic mass is 10.3. The van der Waals surface area contributed by atoms with Crippen molar-refractivity contribution in [3.8, 4) is 0 Å². The maximum atomic E-state index is 11.1. The van der Waals surface area contributed by atoms with Crippen molar-refractivity contribution in [2.24, 2.45) is 0 Å². The monoisotopic (exact) mass is 253 g/mol.